The van der Waals surface area contributed by atoms with Crippen LogP contribution >= 0.6 is 0 Å². The number of benzene rings is 1. The second-order valence-electron chi connectivity index (χ2n) is 6.45. The fourth-order valence-electron chi connectivity index (χ4n) is 2.97. The normalized spacial score (nSPS) is 26.7. The third kappa shape index (κ3) is 1.90. The van der Waals surface area contributed by atoms with E-state index in [9.17, 15) is 4.39 Å². The van der Waals surface area contributed by atoms with Crippen LogP contribution in [-0.4, -0.2) is 0 Å². The number of hydrogen-bond acceptors (Lipinski definition) is 0. The summed E-state index contributed by atoms with van der Waals surface area (Å²) in [5, 5.41) is 0. The molecule has 0 fully saturated rings. The molecule has 1 aliphatic carbocycles. The van der Waals surface area contributed by atoms with Gasteiger partial charge in [-0.15, -0.1) is 0 Å². The van der Waals surface area contributed by atoms with Crippen LogP contribution in [0.25, 0.3) is 0 Å². The molecule has 0 saturated heterocycles. The monoisotopic (exact) mass is 234 g/mol. The first-order valence-electron chi connectivity index (χ1n) is 6.61. The molecule has 1 heteroatoms. The molecule has 0 spiro atoms. The summed E-state index contributed by atoms with van der Waals surface area (Å²) in [4.78, 5) is 0. The van der Waals surface area contributed by atoms with Crippen molar-refractivity contribution >= 4 is 0 Å². The van der Waals surface area contributed by atoms with Crippen molar-refractivity contribution in [3.63, 3.8) is 0 Å². The smallest absolute Gasteiger partial charge is 0.126 e. The Bertz CT molecular complexity index is 445. The Morgan fingerprint density at radius 3 is 2.35 bits per heavy atom. The Hall–Kier alpha value is -0.850. The van der Waals surface area contributed by atoms with E-state index < -0.39 is 0 Å². The summed E-state index contributed by atoms with van der Waals surface area (Å²) >= 11 is 0. The van der Waals surface area contributed by atoms with E-state index in [0.717, 1.165) is 18.4 Å². The van der Waals surface area contributed by atoms with E-state index in [-0.39, 0.29) is 16.6 Å². The minimum absolute atomic E-state index is 0.0582. The predicted molar refractivity (Wildman–Crippen MR) is 71.0 cm³/mol. The van der Waals surface area contributed by atoms with Crippen LogP contribution in [0.1, 0.15) is 63.6 Å². The summed E-state index contributed by atoms with van der Waals surface area (Å²) in [6.45, 7) is 10.9. The van der Waals surface area contributed by atoms with Crippen LogP contribution in [0.3, 0.4) is 0 Å². The molecule has 1 aromatic carbocycles. The second kappa shape index (κ2) is 3.83. The lowest BCUT2D eigenvalue weighted by Crippen LogP contribution is -2.35. The molecule has 0 N–H and O–H groups in total. The predicted octanol–water partition coefficient (Wildman–Crippen LogP) is 4.87. The molecule has 0 aromatic heterocycles. The van der Waals surface area contributed by atoms with Crippen molar-refractivity contribution in [1.29, 1.82) is 0 Å². The Morgan fingerprint density at radius 2 is 1.76 bits per heavy atom. The molecule has 1 unspecified atom stereocenters. The van der Waals surface area contributed by atoms with Crippen LogP contribution in [0.15, 0.2) is 12.1 Å². The van der Waals surface area contributed by atoms with E-state index in [1.165, 1.54) is 17.5 Å². The lowest BCUT2D eigenvalue weighted by atomic mass is 9.61. The zero-order valence-corrected chi connectivity index (χ0v) is 11.7. The molecule has 2 rings (SSSR count). The van der Waals surface area contributed by atoms with E-state index in [2.05, 4.69) is 33.8 Å². The van der Waals surface area contributed by atoms with Crippen molar-refractivity contribution in [2.45, 2.75) is 64.7 Å². The lowest BCUT2D eigenvalue weighted by Gasteiger charge is -2.43. The van der Waals surface area contributed by atoms with E-state index in [1.807, 2.05) is 6.92 Å². The van der Waals surface area contributed by atoms with Gasteiger partial charge in [0.15, 0.2) is 0 Å². The van der Waals surface area contributed by atoms with Gasteiger partial charge in [0.2, 0.25) is 0 Å². The first kappa shape index (κ1) is 12.6. The maximum absolute atomic E-state index is 13.8. The fraction of sp³-hybridized carbons (Fsp3) is 0.625. The Kier molecular flexibility index (Phi) is 2.84. The third-order valence-corrected chi connectivity index (χ3v) is 4.76. The highest BCUT2D eigenvalue weighted by Gasteiger charge is 2.39. The van der Waals surface area contributed by atoms with Crippen molar-refractivity contribution in [3.05, 3.63) is 34.6 Å². The quantitative estimate of drug-likeness (QED) is 0.650. The molecule has 94 valence electrons. The highest BCUT2D eigenvalue weighted by atomic mass is 19.1. The number of rotatable bonds is 1. The van der Waals surface area contributed by atoms with Crippen molar-refractivity contribution in [2.75, 3.05) is 0 Å². The number of fused-ring (bicyclic) bond motifs is 1. The molecule has 1 aromatic rings. The molecule has 1 aliphatic rings. The number of aryl methyl sites for hydroxylation is 1. The highest BCUT2D eigenvalue weighted by molar-refractivity contribution is 5.44. The van der Waals surface area contributed by atoms with Gasteiger partial charge in [-0.3, -0.25) is 0 Å². The molecule has 0 radical (unpaired) electrons. The minimum Gasteiger partial charge on any atom is -0.207 e. The van der Waals surface area contributed by atoms with Gasteiger partial charge >= 0.3 is 0 Å². The van der Waals surface area contributed by atoms with Crippen molar-refractivity contribution < 1.29 is 4.39 Å². The number of halogens is 1. The van der Waals surface area contributed by atoms with Crippen LogP contribution in [0.2, 0.25) is 0 Å². The summed E-state index contributed by atoms with van der Waals surface area (Å²) in [6.07, 6.45) is 3.47. The van der Waals surface area contributed by atoms with E-state index in [1.54, 1.807) is 6.07 Å². The van der Waals surface area contributed by atoms with Gasteiger partial charge in [0.05, 0.1) is 0 Å². The Morgan fingerprint density at radius 1 is 1.12 bits per heavy atom. The first-order chi connectivity index (χ1) is 7.80. The number of hydrogen-bond donors (Lipinski definition) is 0. The Balaban J connectivity index is 2.69. The van der Waals surface area contributed by atoms with E-state index in [4.69, 9.17) is 0 Å². The summed E-state index contributed by atoms with van der Waals surface area (Å²) in [5.41, 5.74) is 3.70. The van der Waals surface area contributed by atoms with Gasteiger partial charge in [0.1, 0.15) is 5.82 Å². The summed E-state index contributed by atoms with van der Waals surface area (Å²) in [7, 11) is 0. The van der Waals surface area contributed by atoms with Gasteiger partial charge in [0.25, 0.3) is 0 Å². The molecule has 0 aliphatic heterocycles. The summed E-state index contributed by atoms with van der Waals surface area (Å²) < 4.78 is 13.8. The van der Waals surface area contributed by atoms with E-state index in [0.29, 0.717) is 0 Å². The molecule has 0 bridgehead atoms. The van der Waals surface area contributed by atoms with Gasteiger partial charge in [-0.25, -0.2) is 4.39 Å². The molecular formula is C16H23F. The second-order valence-corrected chi connectivity index (χ2v) is 6.45. The van der Waals surface area contributed by atoms with Gasteiger partial charge in [-0.2, -0.15) is 0 Å². The van der Waals surface area contributed by atoms with Crippen LogP contribution in [0, 0.1) is 12.7 Å². The molecule has 0 amide bonds. The van der Waals surface area contributed by atoms with Crippen molar-refractivity contribution in [1.82, 2.24) is 0 Å². The van der Waals surface area contributed by atoms with E-state index >= 15 is 0 Å². The Labute approximate surface area is 104 Å². The zero-order valence-electron chi connectivity index (χ0n) is 11.7. The van der Waals surface area contributed by atoms with Gasteiger partial charge in [-0.1, -0.05) is 33.8 Å². The van der Waals surface area contributed by atoms with Crippen LogP contribution < -0.4 is 0 Å². The maximum atomic E-state index is 13.8. The van der Waals surface area contributed by atoms with Gasteiger partial charge < -0.3 is 0 Å². The summed E-state index contributed by atoms with van der Waals surface area (Å²) in [5.74, 6) is -0.0582. The molecular weight excluding hydrogens is 211 g/mol. The largest absolute Gasteiger partial charge is 0.207 e. The summed E-state index contributed by atoms with van der Waals surface area (Å²) in [6, 6.07) is 3.85. The topological polar surface area (TPSA) is 0 Å². The molecule has 17 heavy (non-hydrogen) atoms. The van der Waals surface area contributed by atoms with Crippen LogP contribution in [0.5, 0.6) is 0 Å². The van der Waals surface area contributed by atoms with Crippen LogP contribution in [0.4, 0.5) is 4.39 Å². The first-order valence-corrected chi connectivity index (χ1v) is 6.61. The third-order valence-electron chi connectivity index (χ3n) is 4.76. The SMILES string of the molecule is CCC1(C)CCC(C)(C)c2cc(F)c(C)cc21. The molecule has 0 nitrogen and oxygen atoms in total. The zero-order chi connectivity index (χ0) is 12.8. The van der Waals surface area contributed by atoms with Gasteiger partial charge in [-0.05, 0) is 59.8 Å². The molecule has 1 atom stereocenters. The molecule has 0 saturated carbocycles. The average Bonchev–Trinajstić information content (AvgIpc) is 2.27. The standard InChI is InChI=1S/C16H23F/c1-6-16(5)8-7-15(3,4)12-10-14(17)11(2)9-13(12)16/h9-10H,6-8H2,1-5H3. The highest BCUT2D eigenvalue weighted by Crippen LogP contribution is 2.47. The average molecular weight is 234 g/mol. The minimum atomic E-state index is -0.0582. The maximum Gasteiger partial charge on any atom is 0.126 e. The molecule has 0 heterocycles. The van der Waals surface area contributed by atoms with Crippen molar-refractivity contribution in [2.24, 2.45) is 0 Å². The fourth-order valence-corrected chi connectivity index (χ4v) is 2.97. The van der Waals surface area contributed by atoms with Crippen molar-refractivity contribution in [3.8, 4) is 0 Å². The van der Waals surface area contributed by atoms with Gasteiger partial charge in [0, 0.05) is 0 Å². The van der Waals surface area contributed by atoms with Crippen LogP contribution in [-0.2, 0) is 10.8 Å². The lowest BCUT2D eigenvalue weighted by molar-refractivity contribution is 0.303.